The van der Waals surface area contributed by atoms with Gasteiger partial charge in [-0.3, -0.25) is 0 Å². The van der Waals surface area contributed by atoms with Crippen molar-refractivity contribution in [3.05, 3.63) is 0 Å². The Bertz CT molecular complexity index is 508. The fourth-order valence-corrected chi connectivity index (χ4v) is 0. The Labute approximate surface area is 222 Å². The molecule has 6 N–H and O–H groups in total. The summed E-state index contributed by atoms with van der Waals surface area (Å²) in [6.45, 7) is 0. The van der Waals surface area contributed by atoms with Crippen molar-refractivity contribution in [3.8, 4) is 0 Å². The molecule has 32 heavy (non-hydrogen) atoms. The molecule has 0 aliphatic rings. The van der Waals surface area contributed by atoms with Gasteiger partial charge in [0.1, 0.15) is 0 Å². The second-order valence-electron chi connectivity index (χ2n) is 2.98. The van der Waals surface area contributed by atoms with Crippen LogP contribution < -0.4 is 20.4 Å². The van der Waals surface area contributed by atoms with Gasteiger partial charge in [0.15, 0.2) is 11.9 Å². The van der Waals surface area contributed by atoms with E-state index in [1.807, 2.05) is 0 Å². The summed E-state index contributed by atoms with van der Waals surface area (Å²) in [5.41, 5.74) is 0. The molecule has 0 heterocycles. The Morgan fingerprint density at radius 3 is 0.406 bits per heavy atom. The third-order valence-corrected chi connectivity index (χ3v) is 0.882. The van der Waals surface area contributed by atoms with Crippen LogP contribution in [0.2, 0.25) is 0 Å². The number of carboxylic acids is 10. The topological polar surface area (TPSA) is 384 Å². The van der Waals surface area contributed by atoms with Gasteiger partial charge in [-0.15, -0.1) is 0 Å². The number of carbonyl (C=O) groups is 10. The Morgan fingerprint density at radius 2 is 0.406 bits per heavy atom. The summed E-state index contributed by atoms with van der Waals surface area (Å²) in [6, 6.07) is 0. The molecule has 0 unspecified atom stereocenters. The van der Waals surface area contributed by atoms with E-state index >= 15 is 0 Å². The molecule has 22 heteroatoms. The largest absolute Gasteiger partial charge is 0.543 e. The smallest absolute Gasteiger partial charge is 0.414 e. The molecular formula is C10H6O20Pa2-4. The van der Waals surface area contributed by atoms with E-state index in [-0.39, 0.29) is 64.6 Å². The van der Waals surface area contributed by atoms with Crippen LogP contribution in [0.3, 0.4) is 0 Å². The minimum Gasteiger partial charge on any atom is -0.543 e. The Balaban J connectivity index is -0.0000000481. The van der Waals surface area contributed by atoms with E-state index < -0.39 is 59.7 Å². The van der Waals surface area contributed by atoms with E-state index in [9.17, 15) is 0 Å². The van der Waals surface area contributed by atoms with E-state index in [2.05, 4.69) is 0 Å². The molecule has 0 aliphatic heterocycles. The van der Waals surface area contributed by atoms with Crippen LogP contribution in [0.15, 0.2) is 0 Å². The molecule has 0 aromatic carbocycles. The third-order valence-electron chi connectivity index (χ3n) is 0.882. The fourth-order valence-electron chi connectivity index (χ4n) is 0. The Hall–Kier alpha value is -3.12. The first-order valence-corrected chi connectivity index (χ1v) is 5.45. The molecule has 0 saturated heterocycles. The summed E-state index contributed by atoms with van der Waals surface area (Å²) in [6.07, 6.45) is 0. The van der Waals surface area contributed by atoms with Crippen LogP contribution in [-0.4, -0.2) is 90.3 Å². The molecule has 0 amide bonds. The van der Waals surface area contributed by atoms with E-state index in [0.717, 1.165) is 0 Å². The standard InChI is InChI=1S/5C2H2O4.2Pa/c5*3-1(4)2(5)6;;/h5*(H,3,4)(H,5,6);;/p-4. The van der Waals surface area contributed by atoms with Gasteiger partial charge in [0, 0.05) is 64.6 Å². The van der Waals surface area contributed by atoms with E-state index in [0.29, 0.717) is 0 Å². The maximum Gasteiger partial charge on any atom is 0.414 e. The van der Waals surface area contributed by atoms with Crippen molar-refractivity contribution in [1.82, 2.24) is 0 Å². The van der Waals surface area contributed by atoms with Crippen molar-refractivity contribution in [1.29, 1.82) is 0 Å². The van der Waals surface area contributed by atoms with Gasteiger partial charge in [0.25, 0.3) is 0 Å². The van der Waals surface area contributed by atoms with Crippen molar-refractivity contribution in [3.63, 3.8) is 0 Å². The monoisotopic (exact) mass is 908 g/mol. The minimum atomic E-state index is -2.19. The predicted octanol–water partition coefficient (Wildman–Crippen LogP) is -9.56. The molecule has 0 aliphatic carbocycles. The zero-order valence-electron chi connectivity index (χ0n) is 14.6. The van der Waals surface area contributed by atoms with Crippen LogP contribution in [0.4, 0.5) is 0 Å². The van der Waals surface area contributed by atoms with Crippen molar-refractivity contribution in [2.24, 2.45) is 0 Å². The van der Waals surface area contributed by atoms with Crippen LogP contribution in [0, 0.1) is 64.6 Å². The van der Waals surface area contributed by atoms with Crippen molar-refractivity contribution >= 4 is 59.7 Å². The van der Waals surface area contributed by atoms with Crippen LogP contribution in [0.5, 0.6) is 0 Å². The molecule has 2 radical (unpaired) electrons. The van der Waals surface area contributed by atoms with Gasteiger partial charge in [-0.05, 0) is 0 Å². The summed E-state index contributed by atoms with van der Waals surface area (Å²) in [7, 11) is 0. The fraction of sp³-hybridized carbons (Fsp3) is 0. The molecule has 0 aromatic rings. The number of hydrogen-bond acceptors (Lipinski definition) is 14. The van der Waals surface area contributed by atoms with Crippen LogP contribution in [-0.2, 0) is 47.9 Å². The molecule has 0 spiro atoms. The van der Waals surface area contributed by atoms with Gasteiger partial charge in [0.05, 0.1) is 11.9 Å². The van der Waals surface area contributed by atoms with Gasteiger partial charge < -0.3 is 70.2 Å². The molecule has 0 fully saturated rings. The van der Waals surface area contributed by atoms with Gasteiger partial charge in [-0.1, -0.05) is 0 Å². The van der Waals surface area contributed by atoms with Gasteiger partial charge in [0.2, 0.25) is 0 Å². The van der Waals surface area contributed by atoms with Crippen LogP contribution >= 0.6 is 0 Å². The van der Waals surface area contributed by atoms with Crippen molar-refractivity contribution < 1.29 is 164 Å². The average Bonchev–Trinajstić information content (AvgIpc) is 2.56. The molecule has 176 valence electrons. The molecule has 20 nitrogen and oxygen atoms in total. The number of rotatable bonds is 0. The van der Waals surface area contributed by atoms with Crippen LogP contribution in [0.1, 0.15) is 0 Å². The molecule has 0 atom stereocenters. The Morgan fingerprint density at radius 1 is 0.312 bits per heavy atom. The molecule has 0 rings (SSSR count). The summed E-state index contributed by atoms with van der Waals surface area (Å²) >= 11 is 0. The summed E-state index contributed by atoms with van der Waals surface area (Å²) in [5.74, 6) is -19.7. The molecule has 0 saturated carbocycles. The number of hydrogen-bond donors (Lipinski definition) is 6. The van der Waals surface area contributed by atoms with E-state index in [4.69, 9.17) is 99.0 Å². The zero-order chi connectivity index (χ0) is 25.8. The molecule has 0 aromatic heterocycles. The van der Waals surface area contributed by atoms with E-state index in [1.165, 1.54) is 0 Å². The average molecular weight is 908 g/mol. The predicted molar refractivity (Wildman–Crippen MR) is 65.8 cm³/mol. The maximum absolute atomic E-state index is 9.10. The first kappa shape index (κ1) is 46.9. The normalized spacial score (nSPS) is 6.88. The van der Waals surface area contributed by atoms with Gasteiger partial charge >= 0.3 is 35.8 Å². The summed E-state index contributed by atoms with van der Waals surface area (Å²) < 4.78 is 0. The number of aliphatic carboxylic acids is 10. The number of carboxylic acid groups (broad SMARTS) is 10. The van der Waals surface area contributed by atoms with Crippen molar-refractivity contribution in [2.45, 2.75) is 0 Å². The summed E-state index contributed by atoms with van der Waals surface area (Å²) in [4.78, 5) is 90.3. The SMILES string of the molecule is O=C(O)C(=O)O.O=C(O)C(=O)O.O=C([O-])C(=O)O.O=C([O-])C(=O)O.O=C([O-])C(=O)[O-].[Pa].[Pa]. The maximum atomic E-state index is 9.10. The first-order chi connectivity index (χ1) is 13.2. The first-order valence-electron chi connectivity index (χ1n) is 5.45. The second kappa shape index (κ2) is 27.9. The third kappa shape index (κ3) is 63.2. The quantitative estimate of drug-likeness (QED) is 0.123. The van der Waals surface area contributed by atoms with Crippen LogP contribution in [0.25, 0.3) is 0 Å². The summed E-state index contributed by atoms with van der Waals surface area (Å²) in [5, 5.41) is 80.1. The number of carbonyl (C=O) groups excluding carboxylic acids is 4. The van der Waals surface area contributed by atoms with Crippen molar-refractivity contribution in [2.75, 3.05) is 0 Å². The minimum absolute atomic E-state index is 0. The molecule has 0 bridgehead atoms. The van der Waals surface area contributed by atoms with Gasteiger partial charge in [-0.2, -0.15) is 0 Å². The van der Waals surface area contributed by atoms with Gasteiger partial charge in [-0.25, -0.2) is 28.8 Å². The molecular weight excluding hydrogens is 902 g/mol. The second-order valence-corrected chi connectivity index (χ2v) is 2.98. The van der Waals surface area contributed by atoms with E-state index in [1.54, 1.807) is 0 Å². The zero-order valence-corrected chi connectivity index (χ0v) is 24.2. The Kier molecular flexibility index (Phi) is 40.9.